The molecule has 1 heterocycles. The SMILES string of the molecule is COc1ccc2c(c1O)C[C@@H]1C[C@H]2C(S(=O)(=O)c2ccc(C)cc2)=C(c2ccccc2)O1. The number of hydrogen-bond donors (Lipinski definition) is 1. The van der Waals surface area contributed by atoms with Crippen LogP contribution in [-0.4, -0.2) is 26.7 Å². The predicted octanol–water partition coefficient (Wildman–Crippen LogP) is 4.98. The van der Waals surface area contributed by atoms with Crippen LogP contribution in [0.1, 0.15) is 34.6 Å². The van der Waals surface area contributed by atoms with Crippen molar-refractivity contribution in [2.45, 2.75) is 36.7 Å². The van der Waals surface area contributed by atoms with E-state index in [1.807, 2.05) is 43.3 Å². The zero-order valence-electron chi connectivity index (χ0n) is 17.9. The Morgan fingerprint density at radius 2 is 1.72 bits per heavy atom. The molecule has 2 aliphatic rings. The third-order valence-electron chi connectivity index (χ3n) is 6.29. The summed E-state index contributed by atoms with van der Waals surface area (Å²) >= 11 is 0. The molecule has 1 N–H and O–H groups in total. The third kappa shape index (κ3) is 3.26. The molecule has 3 aromatic carbocycles. The van der Waals surface area contributed by atoms with E-state index in [0.717, 1.165) is 16.7 Å². The number of benzene rings is 3. The topological polar surface area (TPSA) is 72.8 Å². The molecule has 0 aromatic heterocycles. The Morgan fingerprint density at radius 3 is 2.41 bits per heavy atom. The second kappa shape index (κ2) is 7.71. The highest BCUT2D eigenvalue weighted by molar-refractivity contribution is 7.95. The molecule has 3 aromatic rings. The smallest absolute Gasteiger partial charge is 0.207 e. The highest BCUT2D eigenvalue weighted by Gasteiger charge is 2.44. The summed E-state index contributed by atoms with van der Waals surface area (Å²) in [5.74, 6) is 0.404. The average molecular weight is 449 g/mol. The van der Waals surface area contributed by atoms with E-state index in [2.05, 4.69) is 0 Å². The van der Waals surface area contributed by atoms with Crippen LogP contribution in [-0.2, 0) is 21.0 Å². The van der Waals surface area contributed by atoms with Crippen LogP contribution in [0.3, 0.4) is 0 Å². The first-order chi connectivity index (χ1) is 15.4. The Hall–Kier alpha value is -3.25. The van der Waals surface area contributed by atoms with Crippen LogP contribution in [0.4, 0.5) is 0 Å². The molecule has 6 heteroatoms. The number of rotatable bonds is 4. The van der Waals surface area contributed by atoms with Crippen LogP contribution in [0.25, 0.3) is 5.76 Å². The summed E-state index contributed by atoms with van der Waals surface area (Å²) in [5.41, 5.74) is 3.21. The van der Waals surface area contributed by atoms with E-state index >= 15 is 0 Å². The van der Waals surface area contributed by atoms with Crippen molar-refractivity contribution >= 4 is 15.6 Å². The Labute approximate surface area is 187 Å². The Balaban J connectivity index is 1.77. The number of hydrogen-bond acceptors (Lipinski definition) is 5. The summed E-state index contributed by atoms with van der Waals surface area (Å²) in [6, 6.07) is 19.8. The van der Waals surface area contributed by atoms with E-state index in [-0.39, 0.29) is 21.7 Å². The standard InChI is InChI=1S/C26H24O5S/c1-16-8-10-19(11-9-16)32(28,29)26-22-15-18(31-25(26)17-6-4-3-5-7-17)14-21-20(22)12-13-23(30-2)24(21)27/h3-13,18,22,27H,14-15H2,1-2H3/t18-,22-/m1/s1. The van der Waals surface area contributed by atoms with Gasteiger partial charge in [-0.05, 0) is 37.1 Å². The summed E-state index contributed by atoms with van der Waals surface area (Å²) in [7, 11) is -2.35. The fraction of sp³-hybridized carbons (Fsp3) is 0.231. The quantitative estimate of drug-likeness (QED) is 0.609. The lowest BCUT2D eigenvalue weighted by atomic mass is 9.78. The highest BCUT2D eigenvalue weighted by Crippen LogP contribution is 2.52. The van der Waals surface area contributed by atoms with Crippen molar-refractivity contribution in [2.24, 2.45) is 0 Å². The van der Waals surface area contributed by atoms with Crippen LogP contribution in [0.5, 0.6) is 11.5 Å². The van der Waals surface area contributed by atoms with Crippen molar-refractivity contribution in [2.75, 3.05) is 7.11 Å². The summed E-state index contributed by atoms with van der Waals surface area (Å²) in [4.78, 5) is 0.479. The number of methoxy groups -OCH3 is 1. The van der Waals surface area contributed by atoms with Crippen LogP contribution in [0, 0.1) is 6.92 Å². The average Bonchev–Trinajstić information content (AvgIpc) is 2.80. The van der Waals surface area contributed by atoms with Crippen molar-refractivity contribution < 1.29 is 23.0 Å². The van der Waals surface area contributed by atoms with Crippen LogP contribution in [0.15, 0.2) is 76.5 Å². The van der Waals surface area contributed by atoms with Gasteiger partial charge in [-0.3, -0.25) is 0 Å². The van der Waals surface area contributed by atoms with Crippen molar-refractivity contribution in [1.82, 2.24) is 0 Å². The Bertz CT molecular complexity index is 1310. The number of phenolic OH excluding ortho intramolecular Hbond substituents is 1. The van der Waals surface area contributed by atoms with Crippen LogP contribution >= 0.6 is 0 Å². The zero-order valence-corrected chi connectivity index (χ0v) is 18.7. The Kier molecular flexibility index (Phi) is 4.97. The summed E-state index contributed by atoms with van der Waals surface area (Å²) in [6.07, 6.45) is 0.788. The van der Waals surface area contributed by atoms with E-state index in [4.69, 9.17) is 9.47 Å². The molecule has 164 valence electrons. The number of aryl methyl sites for hydroxylation is 1. The largest absolute Gasteiger partial charge is 0.504 e. The van der Waals surface area contributed by atoms with Gasteiger partial charge in [-0.1, -0.05) is 54.1 Å². The minimum absolute atomic E-state index is 0.0542. The maximum Gasteiger partial charge on any atom is 0.207 e. The van der Waals surface area contributed by atoms with Gasteiger partial charge < -0.3 is 14.6 Å². The molecule has 1 aliphatic heterocycles. The van der Waals surface area contributed by atoms with Crippen molar-refractivity contribution in [3.63, 3.8) is 0 Å². The molecule has 2 bridgehead atoms. The number of phenols is 1. The van der Waals surface area contributed by atoms with Crippen LogP contribution in [0.2, 0.25) is 0 Å². The molecule has 0 saturated heterocycles. The first-order valence-corrected chi connectivity index (χ1v) is 12.0. The van der Waals surface area contributed by atoms with Gasteiger partial charge in [-0.25, -0.2) is 8.42 Å². The molecule has 0 amide bonds. The minimum atomic E-state index is -3.86. The van der Waals surface area contributed by atoms with Gasteiger partial charge in [-0.15, -0.1) is 0 Å². The lowest BCUT2D eigenvalue weighted by Crippen LogP contribution is -2.33. The molecule has 1 aliphatic carbocycles. The van der Waals surface area contributed by atoms with Gasteiger partial charge in [0.2, 0.25) is 9.84 Å². The van der Waals surface area contributed by atoms with Crippen molar-refractivity contribution in [3.8, 4) is 11.5 Å². The fourth-order valence-corrected chi connectivity index (χ4v) is 6.47. The van der Waals surface area contributed by atoms with Gasteiger partial charge in [0, 0.05) is 23.5 Å². The fourth-order valence-electron chi connectivity index (χ4n) is 4.71. The maximum atomic E-state index is 14.0. The monoisotopic (exact) mass is 448 g/mol. The molecule has 32 heavy (non-hydrogen) atoms. The lowest BCUT2D eigenvalue weighted by molar-refractivity contribution is 0.128. The number of fused-ring (bicyclic) bond motifs is 4. The van der Waals surface area contributed by atoms with E-state index in [9.17, 15) is 13.5 Å². The lowest BCUT2D eigenvalue weighted by Gasteiger charge is -2.39. The van der Waals surface area contributed by atoms with E-state index in [0.29, 0.717) is 29.9 Å². The summed E-state index contributed by atoms with van der Waals surface area (Å²) in [6.45, 7) is 1.92. The molecular formula is C26H24O5S. The van der Waals surface area contributed by atoms with Gasteiger partial charge in [0.15, 0.2) is 11.5 Å². The number of ether oxygens (including phenoxy) is 2. The van der Waals surface area contributed by atoms with Crippen molar-refractivity contribution in [1.29, 1.82) is 0 Å². The van der Waals surface area contributed by atoms with E-state index < -0.39 is 15.8 Å². The summed E-state index contributed by atoms with van der Waals surface area (Å²) < 4.78 is 39.5. The molecule has 5 nitrogen and oxygen atoms in total. The number of aromatic hydroxyl groups is 1. The molecule has 0 spiro atoms. The van der Waals surface area contributed by atoms with E-state index in [1.54, 1.807) is 30.3 Å². The van der Waals surface area contributed by atoms with E-state index in [1.165, 1.54) is 7.11 Å². The molecule has 2 atom stereocenters. The molecule has 0 fully saturated rings. The molecule has 0 radical (unpaired) electrons. The predicted molar refractivity (Wildman–Crippen MR) is 122 cm³/mol. The third-order valence-corrected chi connectivity index (χ3v) is 8.23. The van der Waals surface area contributed by atoms with Crippen molar-refractivity contribution in [3.05, 3.63) is 93.9 Å². The minimum Gasteiger partial charge on any atom is -0.504 e. The molecular weight excluding hydrogens is 424 g/mol. The van der Waals surface area contributed by atoms with Crippen LogP contribution < -0.4 is 4.74 Å². The number of allylic oxidation sites excluding steroid dienone is 1. The van der Waals surface area contributed by atoms with Gasteiger partial charge in [0.25, 0.3) is 0 Å². The van der Waals surface area contributed by atoms with Gasteiger partial charge in [0.05, 0.1) is 16.9 Å². The second-order valence-electron chi connectivity index (χ2n) is 8.29. The first kappa shape index (κ1) is 20.6. The molecule has 0 saturated carbocycles. The first-order valence-electron chi connectivity index (χ1n) is 10.6. The Morgan fingerprint density at radius 1 is 1.00 bits per heavy atom. The van der Waals surface area contributed by atoms with Gasteiger partial charge in [-0.2, -0.15) is 0 Å². The summed E-state index contributed by atoms with van der Waals surface area (Å²) in [5, 5.41) is 10.8. The normalized spacial score (nSPS) is 19.8. The zero-order chi connectivity index (χ0) is 22.5. The molecule has 5 rings (SSSR count). The second-order valence-corrected chi connectivity index (χ2v) is 10.2. The molecule has 0 unspecified atom stereocenters. The van der Waals surface area contributed by atoms with Gasteiger partial charge in [0.1, 0.15) is 11.9 Å². The highest BCUT2D eigenvalue weighted by atomic mass is 32.2. The van der Waals surface area contributed by atoms with Gasteiger partial charge >= 0.3 is 0 Å². The number of sulfone groups is 1. The maximum absolute atomic E-state index is 14.0.